The van der Waals surface area contributed by atoms with Crippen LogP contribution in [0.5, 0.6) is 17.2 Å². The molecule has 4 rings (SSSR count). The van der Waals surface area contributed by atoms with Crippen LogP contribution >= 0.6 is 0 Å². The largest absolute Gasteiger partial charge is 0.507 e. The van der Waals surface area contributed by atoms with E-state index in [9.17, 15) is 24.9 Å². The van der Waals surface area contributed by atoms with Gasteiger partial charge in [0.25, 0.3) is 5.56 Å². The number of carbonyl (C=O) groups is 1. The van der Waals surface area contributed by atoms with Crippen LogP contribution in [0.3, 0.4) is 0 Å². The van der Waals surface area contributed by atoms with Crippen molar-refractivity contribution in [1.29, 1.82) is 0 Å². The van der Waals surface area contributed by atoms with Crippen LogP contribution in [0.1, 0.15) is 34.7 Å². The summed E-state index contributed by atoms with van der Waals surface area (Å²) in [6.45, 7) is 1.99. The Morgan fingerprint density at radius 1 is 1.03 bits per heavy atom. The summed E-state index contributed by atoms with van der Waals surface area (Å²) in [7, 11) is 1.28. The number of phenolic OH excluding ortho intramolecular Hbond substituents is 2. The molecule has 1 atom stereocenters. The van der Waals surface area contributed by atoms with Gasteiger partial charge in [-0.3, -0.25) is 14.6 Å². The Labute approximate surface area is 201 Å². The van der Waals surface area contributed by atoms with E-state index >= 15 is 0 Å². The van der Waals surface area contributed by atoms with Gasteiger partial charge in [-0.25, -0.2) is 0 Å². The molecule has 0 fully saturated rings. The number of aryl methyl sites for hydroxylation is 2. The number of phenols is 2. The zero-order valence-corrected chi connectivity index (χ0v) is 19.4. The van der Waals surface area contributed by atoms with Crippen LogP contribution in [0.15, 0.2) is 65.6 Å². The molecule has 2 aromatic carbocycles. The lowest BCUT2D eigenvalue weighted by atomic mass is 9.87. The highest BCUT2D eigenvalue weighted by molar-refractivity contribution is 5.80. The second kappa shape index (κ2) is 9.89. The number of benzene rings is 2. The fourth-order valence-corrected chi connectivity index (χ4v) is 4.29. The molecule has 4 aromatic rings. The number of fused-ring (bicyclic) bond motifs is 1. The fraction of sp³-hybridized carbons (Fsp3) is 0.222. The third-order valence-electron chi connectivity index (χ3n) is 6.16. The second-order valence-electron chi connectivity index (χ2n) is 8.40. The molecule has 0 aliphatic heterocycles. The molecule has 0 spiro atoms. The van der Waals surface area contributed by atoms with Crippen molar-refractivity contribution in [3.8, 4) is 17.2 Å². The minimum atomic E-state index is -0.732. The van der Waals surface area contributed by atoms with Gasteiger partial charge in [0.05, 0.1) is 24.6 Å². The predicted octanol–water partition coefficient (Wildman–Crippen LogP) is 3.76. The van der Waals surface area contributed by atoms with Crippen molar-refractivity contribution in [3.63, 3.8) is 0 Å². The Hall–Kier alpha value is -4.33. The van der Waals surface area contributed by atoms with Gasteiger partial charge in [-0.05, 0) is 60.9 Å². The van der Waals surface area contributed by atoms with Gasteiger partial charge in [0.2, 0.25) is 0 Å². The van der Waals surface area contributed by atoms with E-state index in [1.54, 1.807) is 31.3 Å². The summed E-state index contributed by atoms with van der Waals surface area (Å²) in [5.41, 5.74) is 2.44. The molecule has 1 unspecified atom stereocenters. The normalized spacial score (nSPS) is 11.9. The van der Waals surface area contributed by atoms with Crippen molar-refractivity contribution < 1.29 is 24.9 Å². The standard InChI is InChI=1S/C27H26N2O6/c1-16-12-24(32)26(27(34)29(16)11-9-17-5-8-22(30)23(31)13-17)20(15-25(33)35-2)18-6-7-21-19(14-18)4-3-10-28-21/h3-8,10,12-14,20,30-32H,9,11,15H2,1-2H3. The molecule has 2 aromatic heterocycles. The SMILES string of the molecule is COC(=O)CC(c1ccc2ncccc2c1)c1c(O)cc(C)n(CCc2ccc(O)c(O)c2)c1=O. The number of aromatic nitrogens is 2. The topological polar surface area (TPSA) is 122 Å². The van der Waals surface area contributed by atoms with Crippen molar-refractivity contribution >= 4 is 16.9 Å². The summed E-state index contributed by atoms with van der Waals surface area (Å²) < 4.78 is 6.42. The van der Waals surface area contributed by atoms with Crippen LogP contribution in [-0.4, -0.2) is 37.9 Å². The molecule has 0 radical (unpaired) electrons. The van der Waals surface area contributed by atoms with Gasteiger partial charge < -0.3 is 24.6 Å². The van der Waals surface area contributed by atoms with E-state index in [0.717, 1.165) is 16.5 Å². The van der Waals surface area contributed by atoms with Crippen LogP contribution in [0.2, 0.25) is 0 Å². The Balaban J connectivity index is 1.78. The number of hydrogen-bond acceptors (Lipinski definition) is 7. The molecule has 3 N–H and O–H groups in total. The summed E-state index contributed by atoms with van der Waals surface area (Å²) in [4.78, 5) is 30.3. The fourth-order valence-electron chi connectivity index (χ4n) is 4.29. The van der Waals surface area contributed by atoms with E-state index < -0.39 is 17.4 Å². The number of aromatic hydroxyl groups is 3. The maximum atomic E-state index is 13.7. The van der Waals surface area contributed by atoms with Gasteiger partial charge in [0, 0.05) is 29.7 Å². The average Bonchev–Trinajstić information content (AvgIpc) is 2.84. The Morgan fingerprint density at radius 3 is 2.57 bits per heavy atom. The van der Waals surface area contributed by atoms with Crippen molar-refractivity contribution in [2.75, 3.05) is 7.11 Å². The number of pyridine rings is 2. The van der Waals surface area contributed by atoms with Gasteiger partial charge in [-0.2, -0.15) is 0 Å². The van der Waals surface area contributed by atoms with Crippen LogP contribution in [0, 0.1) is 6.92 Å². The van der Waals surface area contributed by atoms with Crippen molar-refractivity contribution in [1.82, 2.24) is 9.55 Å². The Bertz CT molecular complexity index is 1460. The third-order valence-corrected chi connectivity index (χ3v) is 6.16. The summed E-state index contributed by atoms with van der Waals surface area (Å²) in [5, 5.41) is 31.0. The first-order valence-electron chi connectivity index (χ1n) is 11.1. The number of rotatable bonds is 7. The zero-order chi connectivity index (χ0) is 25.1. The van der Waals surface area contributed by atoms with Crippen molar-refractivity contribution in [3.05, 3.63) is 93.5 Å². The quantitative estimate of drug-likeness (QED) is 0.275. The van der Waals surface area contributed by atoms with Crippen LogP contribution < -0.4 is 5.56 Å². The maximum Gasteiger partial charge on any atom is 0.306 e. The van der Waals surface area contributed by atoms with Crippen LogP contribution in [0.4, 0.5) is 0 Å². The van der Waals surface area contributed by atoms with Gasteiger partial charge in [-0.1, -0.05) is 18.2 Å². The van der Waals surface area contributed by atoms with Gasteiger partial charge in [0.15, 0.2) is 11.5 Å². The van der Waals surface area contributed by atoms with E-state index in [4.69, 9.17) is 4.74 Å². The number of methoxy groups -OCH3 is 1. The second-order valence-corrected chi connectivity index (χ2v) is 8.40. The number of esters is 1. The molecular weight excluding hydrogens is 448 g/mol. The number of ether oxygens (including phenoxy) is 1. The summed E-state index contributed by atoms with van der Waals surface area (Å²) in [5.74, 6) is -1.88. The molecule has 180 valence electrons. The highest BCUT2D eigenvalue weighted by Gasteiger charge is 2.27. The van der Waals surface area contributed by atoms with E-state index in [0.29, 0.717) is 17.7 Å². The number of nitrogens with zero attached hydrogens (tertiary/aromatic N) is 2. The monoisotopic (exact) mass is 474 g/mol. The van der Waals surface area contributed by atoms with Gasteiger partial charge >= 0.3 is 5.97 Å². The number of carbonyl (C=O) groups excluding carboxylic acids is 1. The minimum Gasteiger partial charge on any atom is -0.507 e. The van der Waals surface area contributed by atoms with E-state index in [1.807, 2.05) is 18.2 Å². The smallest absolute Gasteiger partial charge is 0.306 e. The molecule has 0 saturated carbocycles. The summed E-state index contributed by atoms with van der Waals surface area (Å²) in [6.07, 6.45) is 1.97. The molecule has 0 aliphatic rings. The lowest BCUT2D eigenvalue weighted by molar-refractivity contribution is -0.140. The average molecular weight is 475 g/mol. The molecule has 8 nitrogen and oxygen atoms in total. The minimum absolute atomic E-state index is 0.109. The first kappa shape index (κ1) is 23.8. The maximum absolute atomic E-state index is 13.7. The summed E-state index contributed by atoms with van der Waals surface area (Å²) in [6, 6.07) is 15.2. The molecule has 0 bridgehead atoms. The predicted molar refractivity (Wildman–Crippen MR) is 131 cm³/mol. The van der Waals surface area contributed by atoms with Gasteiger partial charge in [0.1, 0.15) is 5.75 Å². The van der Waals surface area contributed by atoms with Crippen LogP contribution in [-0.2, 0) is 22.5 Å². The zero-order valence-electron chi connectivity index (χ0n) is 19.4. The third kappa shape index (κ3) is 4.96. The van der Waals surface area contributed by atoms with E-state index in [1.165, 1.54) is 29.9 Å². The van der Waals surface area contributed by atoms with Crippen molar-refractivity contribution in [2.24, 2.45) is 0 Å². The van der Waals surface area contributed by atoms with Gasteiger partial charge in [-0.15, -0.1) is 0 Å². The van der Waals surface area contributed by atoms with Crippen molar-refractivity contribution in [2.45, 2.75) is 32.2 Å². The molecule has 0 amide bonds. The first-order chi connectivity index (χ1) is 16.8. The van der Waals surface area contributed by atoms with Crippen LogP contribution in [0.25, 0.3) is 10.9 Å². The Kier molecular flexibility index (Phi) is 6.73. The lowest BCUT2D eigenvalue weighted by Gasteiger charge is -2.21. The molecule has 2 heterocycles. The highest BCUT2D eigenvalue weighted by atomic mass is 16.5. The molecule has 8 heteroatoms. The Morgan fingerprint density at radius 2 is 1.83 bits per heavy atom. The highest BCUT2D eigenvalue weighted by Crippen LogP contribution is 2.34. The molecule has 0 saturated heterocycles. The lowest BCUT2D eigenvalue weighted by Crippen LogP contribution is -2.29. The molecule has 35 heavy (non-hydrogen) atoms. The number of hydrogen-bond donors (Lipinski definition) is 3. The van der Waals surface area contributed by atoms with E-state index in [-0.39, 0.29) is 35.8 Å². The van der Waals surface area contributed by atoms with E-state index in [2.05, 4.69) is 4.98 Å². The molecular formula is C27H26N2O6. The summed E-state index contributed by atoms with van der Waals surface area (Å²) >= 11 is 0. The molecule has 0 aliphatic carbocycles. The first-order valence-corrected chi connectivity index (χ1v) is 11.1.